The Balaban J connectivity index is 2.37. The van der Waals surface area contributed by atoms with Crippen LogP contribution < -0.4 is 0 Å². The average Bonchev–Trinajstić information content (AvgIpc) is 2.71. The van der Waals surface area contributed by atoms with Crippen LogP contribution >= 0.6 is 11.6 Å². The Labute approximate surface area is 110 Å². The number of benzene rings is 1. The normalized spacial score (nSPS) is 10.9. The van der Waals surface area contributed by atoms with E-state index in [2.05, 4.69) is 23.8 Å². The highest BCUT2D eigenvalue weighted by Gasteiger charge is 2.15. The number of nitrogens with zero attached hydrogens (tertiary/aromatic N) is 1. The Kier molecular flexibility index (Phi) is 3.39. The summed E-state index contributed by atoms with van der Waals surface area (Å²) in [6.45, 7) is 4.22. The Bertz CT molecular complexity index is 573. The van der Waals surface area contributed by atoms with Gasteiger partial charge in [0.1, 0.15) is 11.0 Å². The topological polar surface area (TPSA) is 66.0 Å². The Morgan fingerprint density at radius 3 is 2.39 bits per heavy atom. The van der Waals surface area contributed by atoms with Crippen molar-refractivity contribution in [2.24, 2.45) is 0 Å². The van der Waals surface area contributed by atoms with Crippen LogP contribution in [0, 0.1) is 0 Å². The lowest BCUT2D eigenvalue weighted by Gasteiger charge is -2.05. The zero-order chi connectivity index (χ0) is 13.3. The minimum absolute atomic E-state index is 0.0467. The van der Waals surface area contributed by atoms with Gasteiger partial charge < -0.3 is 10.1 Å². The first-order chi connectivity index (χ1) is 8.49. The molecule has 0 fully saturated rings. The quantitative estimate of drug-likeness (QED) is 0.891. The molecule has 94 valence electrons. The maximum atomic E-state index is 10.8. The van der Waals surface area contributed by atoms with E-state index in [1.807, 2.05) is 24.3 Å². The Hall–Kier alpha value is -1.81. The van der Waals surface area contributed by atoms with Gasteiger partial charge in [0, 0.05) is 5.56 Å². The van der Waals surface area contributed by atoms with Crippen molar-refractivity contribution >= 4 is 17.6 Å². The summed E-state index contributed by atoms with van der Waals surface area (Å²) in [5, 5.41) is 8.92. The molecule has 0 radical (unpaired) electrons. The lowest BCUT2D eigenvalue weighted by Crippen LogP contribution is -1.96. The van der Waals surface area contributed by atoms with Gasteiger partial charge in [0.05, 0.1) is 0 Å². The number of carbonyl (C=O) groups is 1. The van der Waals surface area contributed by atoms with Crippen molar-refractivity contribution in [1.82, 2.24) is 9.97 Å². The maximum absolute atomic E-state index is 10.8. The molecule has 4 nitrogen and oxygen atoms in total. The molecule has 0 aliphatic heterocycles. The van der Waals surface area contributed by atoms with Gasteiger partial charge in [-0.05, 0) is 11.5 Å². The molecule has 0 unspecified atom stereocenters. The van der Waals surface area contributed by atoms with E-state index in [1.165, 1.54) is 5.56 Å². The van der Waals surface area contributed by atoms with Crippen LogP contribution in [0.1, 0.15) is 35.8 Å². The molecule has 2 N–H and O–H groups in total. The molecule has 0 saturated heterocycles. The summed E-state index contributed by atoms with van der Waals surface area (Å²) in [7, 11) is 0. The van der Waals surface area contributed by atoms with Gasteiger partial charge in [0.15, 0.2) is 5.69 Å². The van der Waals surface area contributed by atoms with Gasteiger partial charge >= 0.3 is 5.97 Å². The number of aromatic nitrogens is 2. The van der Waals surface area contributed by atoms with E-state index in [9.17, 15) is 4.79 Å². The summed E-state index contributed by atoms with van der Waals surface area (Å²) in [4.78, 5) is 17.6. The summed E-state index contributed by atoms with van der Waals surface area (Å²) >= 11 is 5.77. The lowest BCUT2D eigenvalue weighted by atomic mass is 10.0. The number of rotatable bonds is 3. The second-order valence-corrected chi connectivity index (χ2v) is 4.71. The van der Waals surface area contributed by atoms with Crippen molar-refractivity contribution in [3.63, 3.8) is 0 Å². The smallest absolute Gasteiger partial charge is 0.357 e. The number of nitrogens with one attached hydrogen (secondary N) is 1. The molecule has 18 heavy (non-hydrogen) atoms. The lowest BCUT2D eigenvalue weighted by molar-refractivity contribution is 0.0691. The molecule has 0 amide bonds. The first-order valence-corrected chi connectivity index (χ1v) is 5.96. The number of H-pyrrole nitrogens is 1. The molecule has 1 aromatic carbocycles. The second-order valence-electron chi connectivity index (χ2n) is 4.33. The molecule has 0 spiro atoms. The third kappa shape index (κ3) is 2.38. The first-order valence-electron chi connectivity index (χ1n) is 5.58. The summed E-state index contributed by atoms with van der Waals surface area (Å²) in [5.41, 5.74) is 1.88. The summed E-state index contributed by atoms with van der Waals surface area (Å²) in [6.07, 6.45) is 0. The van der Waals surface area contributed by atoms with Crippen LogP contribution in [-0.2, 0) is 0 Å². The Morgan fingerprint density at radius 1 is 1.33 bits per heavy atom. The molecule has 0 bridgehead atoms. The van der Waals surface area contributed by atoms with Crippen molar-refractivity contribution in [1.29, 1.82) is 0 Å². The minimum atomic E-state index is -1.14. The molecule has 1 heterocycles. The number of imidazole rings is 1. The van der Waals surface area contributed by atoms with E-state index in [-0.39, 0.29) is 10.8 Å². The van der Waals surface area contributed by atoms with Gasteiger partial charge in [-0.2, -0.15) is 0 Å². The molecule has 5 heteroatoms. The van der Waals surface area contributed by atoms with Gasteiger partial charge in [-0.25, -0.2) is 9.78 Å². The highest BCUT2D eigenvalue weighted by Crippen LogP contribution is 2.23. The average molecular weight is 265 g/mol. The predicted octanol–water partition coefficient (Wildman–Crippen LogP) is 3.55. The third-order valence-corrected chi connectivity index (χ3v) is 2.99. The SMILES string of the molecule is CC(C)c1ccc(-c2nc(C(=O)O)c(Cl)[nH]2)cc1. The zero-order valence-corrected chi connectivity index (χ0v) is 10.8. The maximum Gasteiger partial charge on any atom is 0.357 e. The van der Waals surface area contributed by atoms with Crippen LogP contribution in [0.25, 0.3) is 11.4 Å². The van der Waals surface area contributed by atoms with Crippen LogP contribution in [0.15, 0.2) is 24.3 Å². The van der Waals surface area contributed by atoms with E-state index >= 15 is 0 Å². The van der Waals surface area contributed by atoms with E-state index in [1.54, 1.807) is 0 Å². The monoisotopic (exact) mass is 264 g/mol. The standard InChI is InChI=1S/C13H13ClN2O2/c1-7(2)8-3-5-9(6-4-8)12-15-10(13(17)18)11(14)16-12/h3-7H,1-2H3,(H,15,16)(H,17,18). The van der Waals surface area contributed by atoms with Crippen molar-refractivity contribution in [2.45, 2.75) is 19.8 Å². The largest absolute Gasteiger partial charge is 0.476 e. The Morgan fingerprint density at radius 2 is 1.94 bits per heavy atom. The molecule has 1 aromatic heterocycles. The zero-order valence-electron chi connectivity index (χ0n) is 10.1. The number of carboxylic acid groups (broad SMARTS) is 1. The van der Waals surface area contributed by atoms with Gasteiger partial charge in [0.25, 0.3) is 0 Å². The van der Waals surface area contributed by atoms with E-state index in [0.29, 0.717) is 11.7 Å². The minimum Gasteiger partial charge on any atom is -0.476 e. The van der Waals surface area contributed by atoms with E-state index in [4.69, 9.17) is 16.7 Å². The van der Waals surface area contributed by atoms with Crippen LogP contribution in [0.3, 0.4) is 0 Å². The van der Waals surface area contributed by atoms with Crippen molar-refractivity contribution < 1.29 is 9.90 Å². The molecular weight excluding hydrogens is 252 g/mol. The molecule has 0 saturated carbocycles. The number of carboxylic acids is 1. The van der Waals surface area contributed by atoms with Gasteiger partial charge in [-0.15, -0.1) is 0 Å². The fourth-order valence-electron chi connectivity index (χ4n) is 1.66. The number of aromatic amines is 1. The van der Waals surface area contributed by atoms with Gasteiger partial charge in [-0.3, -0.25) is 0 Å². The number of aromatic carboxylic acids is 1. The van der Waals surface area contributed by atoms with Crippen LogP contribution in [-0.4, -0.2) is 21.0 Å². The fraction of sp³-hybridized carbons (Fsp3) is 0.231. The summed E-state index contributed by atoms with van der Waals surface area (Å²) in [6, 6.07) is 7.79. The van der Waals surface area contributed by atoms with Crippen molar-refractivity contribution in [3.8, 4) is 11.4 Å². The third-order valence-electron chi connectivity index (χ3n) is 2.71. The van der Waals surface area contributed by atoms with Gasteiger partial charge in [0.2, 0.25) is 0 Å². The predicted molar refractivity (Wildman–Crippen MR) is 70.1 cm³/mol. The summed E-state index contributed by atoms with van der Waals surface area (Å²) < 4.78 is 0. The van der Waals surface area contributed by atoms with E-state index in [0.717, 1.165) is 5.56 Å². The second kappa shape index (κ2) is 4.82. The number of hydrogen-bond acceptors (Lipinski definition) is 2. The number of hydrogen-bond donors (Lipinski definition) is 2. The molecule has 0 atom stereocenters. The number of halogens is 1. The molecular formula is C13H13ClN2O2. The highest BCUT2D eigenvalue weighted by atomic mass is 35.5. The van der Waals surface area contributed by atoms with Crippen LogP contribution in [0.2, 0.25) is 5.15 Å². The van der Waals surface area contributed by atoms with Crippen molar-refractivity contribution in [3.05, 3.63) is 40.7 Å². The van der Waals surface area contributed by atoms with E-state index < -0.39 is 5.97 Å². The fourth-order valence-corrected chi connectivity index (χ4v) is 1.87. The van der Waals surface area contributed by atoms with Crippen LogP contribution in [0.5, 0.6) is 0 Å². The molecule has 0 aliphatic carbocycles. The van der Waals surface area contributed by atoms with Gasteiger partial charge in [-0.1, -0.05) is 49.7 Å². The molecule has 2 rings (SSSR count). The first kappa shape index (κ1) is 12.6. The molecule has 0 aliphatic rings. The summed E-state index contributed by atoms with van der Waals surface area (Å²) in [5.74, 6) is -0.220. The van der Waals surface area contributed by atoms with Crippen molar-refractivity contribution in [2.75, 3.05) is 0 Å². The van der Waals surface area contributed by atoms with Crippen LogP contribution in [0.4, 0.5) is 0 Å². The highest BCUT2D eigenvalue weighted by molar-refractivity contribution is 6.32. The molecule has 2 aromatic rings.